The molecule has 3 nitrogen and oxygen atoms in total. The second kappa shape index (κ2) is 23.5. The molecule has 0 saturated heterocycles. The molecule has 2 unspecified atom stereocenters. The predicted molar refractivity (Wildman–Crippen MR) is 359 cm³/mol. The van der Waals surface area contributed by atoms with Crippen LogP contribution in [0.5, 0.6) is 34.5 Å². The molecule has 0 spiro atoms. The molecule has 5 heteroatoms. The van der Waals surface area contributed by atoms with E-state index in [0.717, 1.165) is 112 Å². The van der Waals surface area contributed by atoms with Crippen molar-refractivity contribution in [3.05, 3.63) is 142 Å². The Kier molecular flexibility index (Phi) is 17.8. The number of fused-ring (bicyclic) bond motifs is 6. The van der Waals surface area contributed by atoms with E-state index in [4.69, 9.17) is 14.2 Å². The van der Waals surface area contributed by atoms with E-state index in [9.17, 15) is 0 Å². The van der Waals surface area contributed by atoms with Crippen molar-refractivity contribution in [3.8, 4) is 34.5 Å². The van der Waals surface area contributed by atoms with Crippen molar-refractivity contribution in [3.63, 3.8) is 0 Å². The van der Waals surface area contributed by atoms with Crippen LogP contribution in [0.15, 0.2) is 97.1 Å². The van der Waals surface area contributed by atoms with Crippen LogP contribution >= 0.6 is 15.8 Å². The van der Waals surface area contributed by atoms with Gasteiger partial charge in [-0.25, -0.2) is 0 Å². The summed E-state index contributed by atoms with van der Waals surface area (Å²) < 4.78 is 22.4. The van der Waals surface area contributed by atoms with Gasteiger partial charge in [0.2, 0.25) is 0 Å². The van der Waals surface area contributed by atoms with Crippen LogP contribution in [0.2, 0.25) is 0 Å². The fourth-order valence-electron chi connectivity index (χ4n) is 12.0. The van der Waals surface area contributed by atoms with E-state index < -0.39 is 21.3 Å². The maximum atomic E-state index is 8.20. The summed E-state index contributed by atoms with van der Waals surface area (Å²) in [6.45, 7) is 47.8. The number of aryl methyl sites for hydroxylation is 6. The molecular weight excluding hydrogens is 1030 g/mol. The number of hydrogen-bond donors (Lipinski definition) is 0. The van der Waals surface area contributed by atoms with Crippen LogP contribution in [0.4, 0.5) is 0 Å². The Morgan fingerprint density at radius 2 is 0.549 bits per heavy atom. The Morgan fingerprint density at radius 1 is 0.293 bits per heavy atom. The fourth-order valence-corrected chi connectivity index (χ4v) is 17.4. The molecule has 0 N–H and O–H groups in total. The zero-order valence-electron chi connectivity index (χ0n) is 54.8. The number of hydrogen-bond acceptors (Lipinski definition) is 3. The molecule has 3 aliphatic heterocycles. The van der Waals surface area contributed by atoms with E-state index in [2.05, 4.69) is 236 Å². The van der Waals surface area contributed by atoms with Gasteiger partial charge in [0.25, 0.3) is 0 Å². The van der Waals surface area contributed by atoms with E-state index in [0.29, 0.717) is 0 Å². The first-order valence-corrected chi connectivity index (χ1v) is 34.3. The minimum atomic E-state index is -1.14. The Bertz CT molecular complexity index is 3060. The quantitative estimate of drug-likeness (QED) is 0.0903. The van der Waals surface area contributed by atoms with Gasteiger partial charge >= 0.3 is 0 Å². The average Bonchev–Trinajstić information content (AvgIpc) is 3.54. The minimum absolute atomic E-state index is 0.177. The Morgan fingerprint density at radius 3 is 0.829 bits per heavy atom. The lowest BCUT2D eigenvalue weighted by molar-refractivity contribution is 0.365. The molecule has 9 rings (SSSR count). The summed E-state index contributed by atoms with van der Waals surface area (Å²) in [6, 6.07) is 38.9. The second-order valence-electron chi connectivity index (χ2n) is 32.9. The largest absolute Gasteiger partial charge is 0.456 e. The van der Waals surface area contributed by atoms with Gasteiger partial charge in [0.05, 0.1) is 0 Å². The smallest absolute Gasteiger partial charge is 0.139 e. The monoisotopic (exact) mass is 1140 g/mol. The van der Waals surface area contributed by atoms with Crippen molar-refractivity contribution in [2.45, 2.75) is 234 Å². The molecular formula is C77H104O3P2. The van der Waals surface area contributed by atoms with Crippen LogP contribution in [-0.2, 0) is 43.9 Å². The van der Waals surface area contributed by atoms with Crippen LogP contribution in [0.3, 0.4) is 0 Å². The molecule has 440 valence electrons. The van der Waals surface area contributed by atoms with Crippen LogP contribution in [0.1, 0.15) is 234 Å². The highest BCUT2D eigenvalue weighted by atomic mass is 31.1. The average molecular weight is 1140 g/mol. The summed E-state index contributed by atoms with van der Waals surface area (Å²) in [5.41, 5.74) is 11.9. The summed E-state index contributed by atoms with van der Waals surface area (Å²) in [7, 11) is -2.29. The van der Waals surface area contributed by atoms with E-state index >= 15 is 0 Å². The minimum Gasteiger partial charge on any atom is -0.456 e. The van der Waals surface area contributed by atoms with Gasteiger partial charge in [-0.2, -0.15) is 0 Å². The normalized spacial score (nSPS) is 16.6. The van der Waals surface area contributed by atoms with E-state index in [1.165, 1.54) is 89.2 Å². The number of ether oxygens (including phenoxy) is 3. The molecule has 0 fully saturated rings. The first kappa shape index (κ1) is 62.1. The molecule has 6 aromatic carbocycles. The summed E-state index contributed by atoms with van der Waals surface area (Å²) in [6.07, 6.45) is 15.2. The zero-order valence-corrected chi connectivity index (χ0v) is 56.5. The highest BCUT2D eigenvalue weighted by Gasteiger charge is 2.43. The molecule has 0 amide bonds. The molecule has 3 heterocycles. The number of rotatable bonds is 16. The lowest BCUT2D eigenvalue weighted by Crippen LogP contribution is -2.35. The standard InChI is InChI=1S/C77H104O3P2/c1-71(2,3)37-21-23-51-25-29-59-63(45-51)81(65-47-53(27-31-61(65)78-59)33-39-73(7,8)9)67-49-55(35-41-75(13,14)15)43-57-69(67)80-70-58(77(57,19)20)44-56(36-42-76(16,17)18)50-68(70)82-64-46-52(24-22-38-72(4,5)6)26-30-60(64)79-62-32-28-54(48-66(62)82)34-40-74(10,11)12/h25-32,43-50H,21-24,33-42H2,1-20H3. The van der Waals surface area contributed by atoms with Crippen LogP contribution in [0, 0.1) is 32.5 Å². The SMILES string of the molecule is CC(C)(C)CCCc1ccc2c(c1)P(c1cc(CCC(C)(C)C)cc3c1Oc1c(P4c5cc(CCCC(C)(C)C)ccc5Oc5ccc(CCC(C)(C)C)cc54)cc(CCC(C)(C)C)cc1C3(C)C)c1cc(CCC(C)(C)C)ccc1O2. The van der Waals surface area contributed by atoms with Gasteiger partial charge in [-0.05, 0) is 232 Å². The zero-order chi connectivity index (χ0) is 59.5. The van der Waals surface area contributed by atoms with Crippen LogP contribution in [0.25, 0.3) is 0 Å². The summed E-state index contributed by atoms with van der Waals surface area (Å²) in [5.74, 6) is 6.00. The summed E-state index contributed by atoms with van der Waals surface area (Å²) >= 11 is 0. The molecule has 82 heavy (non-hydrogen) atoms. The molecule has 0 aromatic heterocycles. The Balaban J connectivity index is 1.31. The van der Waals surface area contributed by atoms with Gasteiger partial charge in [0.15, 0.2) is 0 Å². The van der Waals surface area contributed by atoms with E-state index in [1.54, 1.807) is 0 Å². The van der Waals surface area contributed by atoms with Crippen molar-refractivity contribution in [2.24, 2.45) is 32.5 Å². The molecule has 0 saturated carbocycles. The highest BCUT2D eigenvalue weighted by molar-refractivity contribution is 7.81. The van der Waals surface area contributed by atoms with Crippen LogP contribution < -0.4 is 46.0 Å². The van der Waals surface area contributed by atoms with Gasteiger partial charge in [-0.1, -0.05) is 175 Å². The molecule has 3 aliphatic rings. The van der Waals surface area contributed by atoms with E-state index in [1.807, 2.05) is 0 Å². The predicted octanol–water partition coefficient (Wildman–Crippen LogP) is 20.5. The third kappa shape index (κ3) is 15.3. The lowest BCUT2D eigenvalue weighted by atomic mass is 9.74. The van der Waals surface area contributed by atoms with Crippen molar-refractivity contribution in [1.82, 2.24) is 0 Å². The van der Waals surface area contributed by atoms with E-state index in [-0.39, 0.29) is 32.5 Å². The fraction of sp³-hybridized carbons (Fsp3) is 0.532. The van der Waals surface area contributed by atoms with Crippen LogP contribution in [-0.4, -0.2) is 0 Å². The summed E-state index contributed by atoms with van der Waals surface area (Å²) in [4.78, 5) is 0. The third-order valence-electron chi connectivity index (χ3n) is 17.2. The number of benzene rings is 6. The second-order valence-corrected chi connectivity index (χ2v) is 37.1. The van der Waals surface area contributed by atoms with Crippen molar-refractivity contribution >= 4 is 47.7 Å². The highest BCUT2D eigenvalue weighted by Crippen LogP contribution is 2.57. The topological polar surface area (TPSA) is 27.7 Å². The van der Waals surface area contributed by atoms with Crippen molar-refractivity contribution < 1.29 is 14.2 Å². The third-order valence-corrected chi connectivity index (χ3v) is 22.2. The molecule has 0 radical (unpaired) electrons. The van der Waals surface area contributed by atoms with Gasteiger partial charge in [0, 0.05) is 48.4 Å². The van der Waals surface area contributed by atoms with Gasteiger partial charge < -0.3 is 14.2 Å². The molecule has 0 bridgehead atoms. The lowest BCUT2D eigenvalue weighted by Gasteiger charge is -2.41. The molecule has 0 aliphatic carbocycles. The summed E-state index contributed by atoms with van der Waals surface area (Å²) in [5, 5.41) is 7.85. The van der Waals surface area contributed by atoms with Gasteiger partial charge in [0.1, 0.15) is 34.5 Å². The molecule has 2 atom stereocenters. The van der Waals surface area contributed by atoms with Gasteiger partial charge in [-0.15, -0.1) is 0 Å². The molecule has 6 aromatic rings. The Labute approximate surface area is 501 Å². The first-order valence-electron chi connectivity index (χ1n) is 31.6. The van der Waals surface area contributed by atoms with Gasteiger partial charge in [-0.3, -0.25) is 0 Å². The first-order chi connectivity index (χ1) is 38.1. The maximum absolute atomic E-state index is 8.20. The Hall–Kier alpha value is -4.42. The maximum Gasteiger partial charge on any atom is 0.139 e. The van der Waals surface area contributed by atoms with Crippen molar-refractivity contribution in [2.75, 3.05) is 0 Å². The van der Waals surface area contributed by atoms with Crippen molar-refractivity contribution in [1.29, 1.82) is 0 Å².